The van der Waals surface area contributed by atoms with Crippen LogP contribution in [-0.2, 0) is 11.2 Å². The zero-order chi connectivity index (χ0) is 20.9. The molecule has 4 rings (SSSR count). The molecular formula is C24H28N4O2. The van der Waals surface area contributed by atoms with Gasteiger partial charge in [0.15, 0.2) is 0 Å². The first-order chi connectivity index (χ1) is 14.6. The predicted octanol–water partition coefficient (Wildman–Crippen LogP) is 4.56. The molecule has 0 aliphatic heterocycles. The zero-order valence-corrected chi connectivity index (χ0v) is 17.3. The Morgan fingerprint density at radius 2 is 1.83 bits per heavy atom. The summed E-state index contributed by atoms with van der Waals surface area (Å²) in [6.45, 7) is 1.83. The van der Waals surface area contributed by atoms with E-state index in [4.69, 9.17) is 0 Å². The zero-order valence-electron chi connectivity index (χ0n) is 17.3. The number of aromatic nitrogens is 2. The van der Waals surface area contributed by atoms with Crippen LogP contribution >= 0.6 is 0 Å². The molecule has 6 nitrogen and oxygen atoms in total. The highest BCUT2D eigenvalue weighted by Gasteiger charge is 2.17. The first-order valence-corrected chi connectivity index (χ1v) is 10.8. The van der Waals surface area contributed by atoms with E-state index in [9.17, 15) is 9.59 Å². The number of carbonyl (C=O) groups excluding carboxylic acids is 2. The fraction of sp³-hybridized carbons (Fsp3) is 0.375. The topological polar surface area (TPSA) is 86.9 Å². The number of nitrogens with one attached hydrogen (secondary N) is 3. The Morgan fingerprint density at radius 3 is 2.57 bits per heavy atom. The molecule has 0 saturated heterocycles. The van der Waals surface area contributed by atoms with Gasteiger partial charge < -0.3 is 15.6 Å². The maximum Gasteiger partial charge on any atom is 0.251 e. The van der Waals surface area contributed by atoms with Crippen molar-refractivity contribution in [2.75, 3.05) is 5.32 Å². The third kappa shape index (κ3) is 4.87. The Morgan fingerprint density at radius 1 is 1.07 bits per heavy atom. The molecule has 1 saturated carbocycles. The van der Waals surface area contributed by atoms with Gasteiger partial charge in [0.2, 0.25) is 5.91 Å². The molecule has 0 unspecified atom stereocenters. The number of benzene rings is 2. The number of hydrogen-bond acceptors (Lipinski definition) is 3. The minimum absolute atomic E-state index is 0.00311. The van der Waals surface area contributed by atoms with E-state index in [1.54, 1.807) is 0 Å². The molecule has 6 heteroatoms. The standard InChI is InChI=1S/C24H28N4O2/c1-2-23(29)25-19-11-8-16(9-12-19)14-22-27-20-13-10-17(15-21(20)28-22)24(30)26-18-6-4-3-5-7-18/h8-13,15,18H,2-7,14H2,1H3,(H,25,29)(H,26,30)(H,27,28). The molecule has 1 heterocycles. The SMILES string of the molecule is CCC(=O)Nc1ccc(Cc2nc3ccc(C(=O)NC4CCCCC4)cc3[nH]2)cc1. The molecule has 3 aromatic rings. The van der Waals surface area contributed by atoms with Crippen LogP contribution in [0.25, 0.3) is 11.0 Å². The lowest BCUT2D eigenvalue weighted by atomic mass is 9.95. The summed E-state index contributed by atoms with van der Waals surface area (Å²) < 4.78 is 0. The fourth-order valence-electron chi connectivity index (χ4n) is 3.95. The second-order valence-corrected chi connectivity index (χ2v) is 8.00. The molecule has 0 spiro atoms. The number of anilines is 1. The van der Waals surface area contributed by atoms with E-state index in [1.807, 2.05) is 49.4 Å². The van der Waals surface area contributed by atoms with Crippen molar-refractivity contribution in [3.8, 4) is 0 Å². The maximum atomic E-state index is 12.6. The van der Waals surface area contributed by atoms with E-state index in [1.165, 1.54) is 19.3 Å². The summed E-state index contributed by atoms with van der Waals surface area (Å²) in [5.74, 6) is 0.841. The molecule has 30 heavy (non-hydrogen) atoms. The van der Waals surface area contributed by atoms with Gasteiger partial charge in [0, 0.05) is 30.1 Å². The van der Waals surface area contributed by atoms with Gasteiger partial charge in [-0.2, -0.15) is 0 Å². The Labute approximate surface area is 176 Å². The van der Waals surface area contributed by atoms with Crippen LogP contribution in [0.5, 0.6) is 0 Å². The van der Waals surface area contributed by atoms with Crippen LogP contribution < -0.4 is 10.6 Å². The molecule has 0 bridgehead atoms. The largest absolute Gasteiger partial charge is 0.349 e. The number of amides is 2. The molecule has 1 aromatic heterocycles. The van der Waals surface area contributed by atoms with Gasteiger partial charge >= 0.3 is 0 Å². The number of H-pyrrole nitrogens is 1. The lowest BCUT2D eigenvalue weighted by Crippen LogP contribution is -2.36. The van der Waals surface area contributed by atoms with E-state index in [2.05, 4.69) is 20.6 Å². The molecule has 156 valence electrons. The molecule has 2 aromatic carbocycles. The van der Waals surface area contributed by atoms with Crippen molar-refractivity contribution in [3.05, 3.63) is 59.4 Å². The van der Waals surface area contributed by atoms with Gasteiger partial charge in [0.25, 0.3) is 5.91 Å². The summed E-state index contributed by atoms with van der Waals surface area (Å²) in [5, 5.41) is 6.02. The van der Waals surface area contributed by atoms with Crippen molar-refractivity contribution in [1.82, 2.24) is 15.3 Å². The molecule has 1 aliphatic rings. The van der Waals surface area contributed by atoms with Gasteiger partial charge in [-0.25, -0.2) is 4.98 Å². The minimum atomic E-state index is -0.00957. The number of nitrogens with zero attached hydrogens (tertiary/aromatic N) is 1. The van der Waals surface area contributed by atoms with Gasteiger partial charge in [-0.1, -0.05) is 38.3 Å². The predicted molar refractivity (Wildman–Crippen MR) is 119 cm³/mol. The number of fused-ring (bicyclic) bond motifs is 1. The van der Waals surface area contributed by atoms with Gasteiger partial charge in [-0.05, 0) is 48.7 Å². The maximum absolute atomic E-state index is 12.6. The second-order valence-electron chi connectivity index (χ2n) is 8.00. The van der Waals surface area contributed by atoms with Crippen LogP contribution in [0.4, 0.5) is 5.69 Å². The first-order valence-electron chi connectivity index (χ1n) is 10.8. The Bertz CT molecular complexity index is 1030. The molecule has 3 N–H and O–H groups in total. The van der Waals surface area contributed by atoms with Gasteiger partial charge in [0.05, 0.1) is 11.0 Å². The van der Waals surface area contributed by atoms with Crippen molar-refractivity contribution >= 4 is 28.5 Å². The van der Waals surface area contributed by atoms with Crippen LogP contribution in [0.2, 0.25) is 0 Å². The number of hydrogen-bond donors (Lipinski definition) is 3. The molecule has 1 fully saturated rings. The third-order valence-electron chi connectivity index (χ3n) is 5.66. The van der Waals surface area contributed by atoms with Crippen LogP contribution in [0.15, 0.2) is 42.5 Å². The van der Waals surface area contributed by atoms with Crippen LogP contribution in [-0.4, -0.2) is 27.8 Å². The average molecular weight is 405 g/mol. The van der Waals surface area contributed by atoms with Crippen molar-refractivity contribution in [1.29, 1.82) is 0 Å². The third-order valence-corrected chi connectivity index (χ3v) is 5.66. The summed E-state index contributed by atoms with van der Waals surface area (Å²) in [6.07, 6.45) is 6.92. The van der Waals surface area contributed by atoms with Crippen molar-refractivity contribution in [3.63, 3.8) is 0 Å². The highest BCUT2D eigenvalue weighted by molar-refractivity contribution is 5.97. The van der Waals surface area contributed by atoms with Crippen molar-refractivity contribution in [2.45, 2.75) is 57.9 Å². The average Bonchev–Trinajstić information content (AvgIpc) is 3.17. The molecule has 0 atom stereocenters. The van der Waals surface area contributed by atoms with Crippen LogP contribution in [0.3, 0.4) is 0 Å². The highest BCUT2D eigenvalue weighted by Crippen LogP contribution is 2.20. The van der Waals surface area contributed by atoms with Crippen LogP contribution in [0, 0.1) is 0 Å². The highest BCUT2D eigenvalue weighted by atomic mass is 16.2. The summed E-state index contributed by atoms with van der Waals surface area (Å²) in [6, 6.07) is 13.7. The molecule has 1 aliphatic carbocycles. The quantitative estimate of drug-likeness (QED) is 0.563. The number of imidazole rings is 1. The van der Waals surface area contributed by atoms with E-state index in [-0.39, 0.29) is 11.8 Å². The smallest absolute Gasteiger partial charge is 0.251 e. The lowest BCUT2D eigenvalue weighted by molar-refractivity contribution is -0.115. The number of carbonyl (C=O) groups is 2. The Kier molecular flexibility index (Phi) is 6.12. The van der Waals surface area contributed by atoms with Gasteiger partial charge in [-0.15, -0.1) is 0 Å². The normalized spacial score (nSPS) is 14.6. The molecule has 2 amide bonds. The van der Waals surface area contributed by atoms with Crippen molar-refractivity contribution < 1.29 is 9.59 Å². The minimum Gasteiger partial charge on any atom is -0.349 e. The lowest BCUT2D eigenvalue weighted by Gasteiger charge is -2.22. The fourth-order valence-corrected chi connectivity index (χ4v) is 3.95. The summed E-state index contributed by atoms with van der Waals surface area (Å²) in [7, 11) is 0. The summed E-state index contributed by atoms with van der Waals surface area (Å²) in [4.78, 5) is 32.1. The Hall–Kier alpha value is -3.15. The molecule has 0 radical (unpaired) electrons. The summed E-state index contributed by atoms with van der Waals surface area (Å²) >= 11 is 0. The first kappa shape index (κ1) is 20.1. The Balaban J connectivity index is 1.43. The van der Waals surface area contributed by atoms with Gasteiger partial charge in [0.1, 0.15) is 5.82 Å². The van der Waals surface area contributed by atoms with Crippen molar-refractivity contribution in [2.24, 2.45) is 0 Å². The summed E-state index contributed by atoms with van der Waals surface area (Å²) in [5.41, 5.74) is 4.28. The van der Waals surface area contributed by atoms with E-state index in [0.717, 1.165) is 41.0 Å². The second kappa shape index (κ2) is 9.11. The van der Waals surface area contributed by atoms with E-state index >= 15 is 0 Å². The van der Waals surface area contributed by atoms with Gasteiger partial charge in [-0.3, -0.25) is 9.59 Å². The van der Waals surface area contributed by atoms with E-state index in [0.29, 0.717) is 24.4 Å². The van der Waals surface area contributed by atoms with E-state index < -0.39 is 0 Å². The monoisotopic (exact) mass is 404 g/mol. The number of aromatic amines is 1. The number of rotatable bonds is 6. The molecular weight excluding hydrogens is 376 g/mol. The van der Waals surface area contributed by atoms with Crippen LogP contribution in [0.1, 0.15) is 67.2 Å².